The molecule has 1 aliphatic rings. The second-order valence-electron chi connectivity index (χ2n) is 5.72. The van der Waals surface area contributed by atoms with Gasteiger partial charge in [0, 0.05) is 13.6 Å². The highest BCUT2D eigenvalue weighted by molar-refractivity contribution is 5.77. The van der Waals surface area contributed by atoms with Crippen LogP contribution in [0.3, 0.4) is 0 Å². The molecule has 0 saturated heterocycles. The van der Waals surface area contributed by atoms with Crippen molar-refractivity contribution >= 4 is 17.2 Å². The van der Waals surface area contributed by atoms with Gasteiger partial charge in [0.25, 0.3) is 0 Å². The third-order valence-corrected chi connectivity index (χ3v) is 3.82. The standard InChI is InChI=1S/C16H22N4O/c1-11(2)15-14(17)16(19(3)18-15)20-9-6-10-21-13-8-5-4-7-12(13)20/h4-5,7-8,11H,6,9-10,17H2,1-3H3. The van der Waals surface area contributed by atoms with Crippen molar-refractivity contribution in [1.29, 1.82) is 0 Å². The number of nitrogen functional groups attached to an aromatic ring is 1. The van der Waals surface area contributed by atoms with Crippen molar-refractivity contribution in [2.24, 2.45) is 7.05 Å². The number of anilines is 3. The van der Waals surface area contributed by atoms with Gasteiger partial charge in [-0.1, -0.05) is 26.0 Å². The van der Waals surface area contributed by atoms with Gasteiger partial charge in [-0.3, -0.25) is 4.68 Å². The lowest BCUT2D eigenvalue weighted by Crippen LogP contribution is -2.21. The number of fused-ring (bicyclic) bond motifs is 1. The van der Waals surface area contributed by atoms with E-state index in [1.165, 1.54) is 0 Å². The first-order valence-electron chi connectivity index (χ1n) is 7.41. The first-order chi connectivity index (χ1) is 10.1. The van der Waals surface area contributed by atoms with Gasteiger partial charge in [-0.15, -0.1) is 0 Å². The van der Waals surface area contributed by atoms with Crippen LogP contribution in [0.1, 0.15) is 31.9 Å². The summed E-state index contributed by atoms with van der Waals surface area (Å²) in [6.45, 7) is 5.82. The molecular weight excluding hydrogens is 264 g/mol. The fourth-order valence-electron chi connectivity index (χ4n) is 2.85. The number of para-hydroxylation sites is 2. The summed E-state index contributed by atoms with van der Waals surface area (Å²) >= 11 is 0. The van der Waals surface area contributed by atoms with E-state index in [9.17, 15) is 0 Å². The molecule has 0 fully saturated rings. The maximum Gasteiger partial charge on any atom is 0.155 e. The van der Waals surface area contributed by atoms with Gasteiger partial charge in [-0.05, 0) is 24.5 Å². The van der Waals surface area contributed by atoms with Crippen LogP contribution in [-0.2, 0) is 7.05 Å². The zero-order valence-electron chi connectivity index (χ0n) is 12.8. The van der Waals surface area contributed by atoms with E-state index in [1.807, 2.05) is 29.9 Å². The Kier molecular flexibility index (Phi) is 3.49. The Morgan fingerprint density at radius 3 is 2.76 bits per heavy atom. The number of aryl methyl sites for hydroxylation is 1. The quantitative estimate of drug-likeness (QED) is 0.922. The van der Waals surface area contributed by atoms with Crippen molar-refractivity contribution < 1.29 is 4.74 Å². The van der Waals surface area contributed by atoms with Crippen LogP contribution in [-0.4, -0.2) is 22.9 Å². The predicted molar refractivity (Wildman–Crippen MR) is 85.3 cm³/mol. The minimum atomic E-state index is 0.309. The van der Waals surface area contributed by atoms with Crippen LogP contribution < -0.4 is 15.4 Å². The highest BCUT2D eigenvalue weighted by Crippen LogP contribution is 2.40. The maximum absolute atomic E-state index is 6.38. The monoisotopic (exact) mass is 286 g/mol. The van der Waals surface area contributed by atoms with Gasteiger partial charge in [0.2, 0.25) is 0 Å². The topological polar surface area (TPSA) is 56.3 Å². The molecule has 1 aromatic carbocycles. The Labute approximate surface area is 125 Å². The fraction of sp³-hybridized carbons (Fsp3) is 0.438. The Morgan fingerprint density at radius 1 is 1.29 bits per heavy atom. The van der Waals surface area contributed by atoms with E-state index in [-0.39, 0.29) is 0 Å². The summed E-state index contributed by atoms with van der Waals surface area (Å²) in [5, 5.41) is 4.60. The molecule has 2 aromatic rings. The highest BCUT2D eigenvalue weighted by atomic mass is 16.5. The molecule has 2 N–H and O–H groups in total. The van der Waals surface area contributed by atoms with Gasteiger partial charge in [0.05, 0.1) is 23.7 Å². The van der Waals surface area contributed by atoms with Crippen LogP contribution in [0.4, 0.5) is 17.2 Å². The molecule has 3 rings (SSSR count). The molecule has 1 aromatic heterocycles. The third kappa shape index (κ3) is 2.33. The minimum absolute atomic E-state index is 0.309. The molecule has 0 amide bonds. The molecule has 5 heteroatoms. The van der Waals surface area contributed by atoms with Crippen LogP contribution in [0, 0.1) is 0 Å². The molecule has 0 bridgehead atoms. The van der Waals surface area contributed by atoms with E-state index in [1.54, 1.807) is 0 Å². The number of hydrogen-bond donors (Lipinski definition) is 1. The Balaban J connectivity index is 2.12. The zero-order chi connectivity index (χ0) is 15.0. The van der Waals surface area contributed by atoms with Crippen molar-refractivity contribution in [3.63, 3.8) is 0 Å². The molecule has 21 heavy (non-hydrogen) atoms. The predicted octanol–water partition coefficient (Wildman–Crippen LogP) is 3.05. The van der Waals surface area contributed by atoms with E-state index in [0.717, 1.165) is 48.2 Å². The van der Waals surface area contributed by atoms with Gasteiger partial charge in [0.15, 0.2) is 5.82 Å². The number of rotatable bonds is 2. The first kappa shape index (κ1) is 13.8. The van der Waals surface area contributed by atoms with Crippen molar-refractivity contribution in [2.75, 3.05) is 23.8 Å². The van der Waals surface area contributed by atoms with Gasteiger partial charge in [-0.2, -0.15) is 5.10 Å². The van der Waals surface area contributed by atoms with Crippen molar-refractivity contribution in [3.05, 3.63) is 30.0 Å². The summed E-state index contributed by atoms with van der Waals surface area (Å²) in [7, 11) is 1.95. The molecule has 0 unspecified atom stereocenters. The number of nitrogens with two attached hydrogens (primary N) is 1. The number of hydrogen-bond acceptors (Lipinski definition) is 4. The first-order valence-corrected chi connectivity index (χ1v) is 7.41. The molecule has 1 aliphatic heterocycles. The summed E-state index contributed by atoms with van der Waals surface area (Å²) in [4.78, 5) is 2.22. The molecule has 112 valence electrons. The molecule has 0 aliphatic carbocycles. The van der Waals surface area contributed by atoms with Crippen LogP contribution >= 0.6 is 0 Å². The smallest absolute Gasteiger partial charge is 0.155 e. The molecule has 0 saturated carbocycles. The van der Waals surface area contributed by atoms with Gasteiger partial charge in [0.1, 0.15) is 5.75 Å². The lowest BCUT2D eigenvalue weighted by molar-refractivity contribution is 0.322. The highest BCUT2D eigenvalue weighted by Gasteiger charge is 2.25. The van der Waals surface area contributed by atoms with Gasteiger partial charge < -0.3 is 15.4 Å². The SMILES string of the molecule is CC(C)c1nn(C)c(N2CCCOc3ccccc32)c1N. The second-order valence-corrected chi connectivity index (χ2v) is 5.72. The number of aromatic nitrogens is 2. The molecule has 0 spiro atoms. The van der Waals surface area contributed by atoms with E-state index < -0.39 is 0 Å². The van der Waals surface area contributed by atoms with Crippen LogP contribution in [0.25, 0.3) is 0 Å². The van der Waals surface area contributed by atoms with Crippen LogP contribution in [0.15, 0.2) is 24.3 Å². The summed E-state index contributed by atoms with van der Waals surface area (Å²) in [5.74, 6) is 2.17. The lowest BCUT2D eigenvalue weighted by Gasteiger charge is -2.24. The van der Waals surface area contributed by atoms with E-state index in [4.69, 9.17) is 10.5 Å². The van der Waals surface area contributed by atoms with E-state index in [0.29, 0.717) is 5.92 Å². The largest absolute Gasteiger partial charge is 0.491 e. The molecule has 2 heterocycles. The van der Waals surface area contributed by atoms with Crippen molar-refractivity contribution in [3.8, 4) is 5.75 Å². The average Bonchev–Trinajstić information content (AvgIpc) is 2.64. The maximum atomic E-state index is 6.38. The summed E-state index contributed by atoms with van der Waals surface area (Å²) in [5.41, 5.74) is 9.16. The van der Waals surface area contributed by atoms with Crippen molar-refractivity contribution in [1.82, 2.24) is 9.78 Å². The summed E-state index contributed by atoms with van der Waals surface area (Å²) in [6.07, 6.45) is 0.955. The Hall–Kier alpha value is -2.17. The normalized spacial score (nSPS) is 14.8. The Morgan fingerprint density at radius 2 is 2.05 bits per heavy atom. The number of ether oxygens (including phenoxy) is 1. The summed E-state index contributed by atoms with van der Waals surface area (Å²) in [6, 6.07) is 8.09. The van der Waals surface area contributed by atoms with Crippen molar-refractivity contribution in [2.45, 2.75) is 26.2 Å². The van der Waals surface area contributed by atoms with E-state index in [2.05, 4.69) is 29.9 Å². The van der Waals surface area contributed by atoms with Crippen LogP contribution in [0.2, 0.25) is 0 Å². The second kappa shape index (κ2) is 5.31. The minimum Gasteiger partial charge on any atom is -0.491 e. The summed E-state index contributed by atoms with van der Waals surface area (Å²) < 4.78 is 7.70. The molecule has 0 atom stereocenters. The number of benzene rings is 1. The number of nitrogens with zero attached hydrogens (tertiary/aromatic N) is 3. The lowest BCUT2D eigenvalue weighted by atomic mass is 10.1. The molecule has 5 nitrogen and oxygen atoms in total. The zero-order valence-corrected chi connectivity index (χ0v) is 12.8. The molecular formula is C16H22N4O. The van der Waals surface area contributed by atoms with E-state index >= 15 is 0 Å². The fourth-order valence-corrected chi connectivity index (χ4v) is 2.85. The van der Waals surface area contributed by atoms with Gasteiger partial charge >= 0.3 is 0 Å². The third-order valence-electron chi connectivity index (χ3n) is 3.82. The van der Waals surface area contributed by atoms with Gasteiger partial charge in [-0.25, -0.2) is 0 Å². The average molecular weight is 286 g/mol. The molecule has 0 radical (unpaired) electrons. The Bertz CT molecular complexity index is 648. The van der Waals surface area contributed by atoms with Crippen LogP contribution in [0.5, 0.6) is 5.75 Å².